The highest BCUT2D eigenvalue weighted by Gasteiger charge is 2.08. The Morgan fingerprint density at radius 1 is 0.650 bits per heavy atom. The molecular formula is C18H20Cl2. The summed E-state index contributed by atoms with van der Waals surface area (Å²) >= 11 is 12.8. The van der Waals surface area contributed by atoms with Crippen LogP contribution in [0.25, 0.3) is 0 Å². The Balaban J connectivity index is 2.26. The molecule has 20 heavy (non-hydrogen) atoms. The maximum Gasteiger partial charge on any atom is 0.0467 e. The van der Waals surface area contributed by atoms with Crippen molar-refractivity contribution in [1.82, 2.24) is 0 Å². The maximum absolute atomic E-state index is 6.40. The minimum absolute atomic E-state index is 0.885. The normalized spacial score (nSPS) is 10.9. The Hall–Kier alpha value is -0.980. The van der Waals surface area contributed by atoms with Crippen LogP contribution >= 0.6 is 23.2 Å². The molecule has 0 nitrogen and oxygen atoms in total. The molecule has 0 heterocycles. The molecule has 0 saturated carbocycles. The van der Waals surface area contributed by atoms with Crippen LogP contribution in [0.4, 0.5) is 0 Å². The summed E-state index contributed by atoms with van der Waals surface area (Å²) in [5, 5.41) is 1.77. The number of hydrogen-bond donors (Lipinski definition) is 0. The van der Waals surface area contributed by atoms with Crippen molar-refractivity contribution in [2.24, 2.45) is 0 Å². The second-order valence-corrected chi connectivity index (χ2v) is 6.37. The average molecular weight is 307 g/mol. The van der Waals surface area contributed by atoms with Gasteiger partial charge in [0.05, 0.1) is 0 Å². The van der Waals surface area contributed by atoms with Crippen LogP contribution in [0.5, 0.6) is 0 Å². The van der Waals surface area contributed by atoms with Gasteiger partial charge >= 0.3 is 0 Å². The second kappa shape index (κ2) is 6.20. The van der Waals surface area contributed by atoms with E-state index in [9.17, 15) is 0 Å². The molecule has 2 aromatic carbocycles. The van der Waals surface area contributed by atoms with Crippen molar-refractivity contribution in [3.63, 3.8) is 0 Å². The Bertz CT molecular complexity index is 585. The molecule has 2 aromatic rings. The molecule has 0 unspecified atom stereocenters. The summed E-state index contributed by atoms with van der Waals surface area (Å²) in [6.45, 7) is 8.33. The van der Waals surface area contributed by atoms with E-state index in [0.29, 0.717) is 0 Å². The highest BCUT2D eigenvalue weighted by Crippen LogP contribution is 2.27. The minimum Gasteiger partial charge on any atom is -0.0837 e. The van der Waals surface area contributed by atoms with E-state index in [1.807, 2.05) is 0 Å². The highest BCUT2D eigenvalue weighted by molar-refractivity contribution is 6.32. The summed E-state index contributed by atoms with van der Waals surface area (Å²) in [6.07, 6.45) is 1.84. The molecule has 0 atom stereocenters. The van der Waals surface area contributed by atoms with Gasteiger partial charge in [-0.25, -0.2) is 0 Å². The zero-order valence-electron chi connectivity index (χ0n) is 12.5. The Kier molecular flexibility index (Phi) is 4.78. The van der Waals surface area contributed by atoms with E-state index < -0.39 is 0 Å². The third-order valence-electron chi connectivity index (χ3n) is 3.61. The predicted molar refractivity (Wildman–Crippen MR) is 89.3 cm³/mol. The molecule has 0 fully saturated rings. The first-order chi connectivity index (χ1) is 9.38. The van der Waals surface area contributed by atoms with E-state index in [4.69, 9.17) is 23.2 Å². The molecule has 0 spiro atoms. The summed E-state index contributed by atoms with van der Waals surface area (Å²) in [5.41, 5.74) is 7.22. The van der Waals surface area contributed by atoms with Crippen LogP contribution in [0.2, 0.25) is 10.0 Å². The fourth-order valence-electron chi connectivity index (χ4n) is 2.71. The van der Waals surface area contributed by atoms with Crippen molar-refractivity contribution in [2.75, 3.05) is 0 Å². The molecule has 106 valence electrons. The standard InChI is InChI=1S/C18H20Cl2/c1-11-7-13(3)17(19)15(9-11)5-6-16-10-12(2)8-14(4)18(16)20/h7-10H,5-6H2,1-4H3. The van der Waals surface area contributed by atoms with E-state index in [-0.39, 0.29) is 0 Å². The molecule has 0 N–H and O–H groups in total. The Morgan fingerprint density at radius 2 is 1.00 bits per heavy atom. The predicted octanol–water partition coefficient (Wildman–Crippen LogP) is 6.01. The van der Waals surface area contributed by atoms with Gasteiger partial charge in [-0.1, -0.05) is 58.6 Å². The third kappa shape index (κ3) is 3.37. The molecule has 0 amide bonds. The summed E-state index contributed by atoms with van der Waals surface area (Å²) in [5.74, 6) is 0. The van der Waals surface area contributed by atoms with Crippen LogP contribution < -0.4 is 0 Å². The van der Waals surface area contributed by atoms with Gasteiger partial charge in [-0.2, -0.15) is 0 Å². The molecule has 0 bridgehead atoms. The SMILES string of the molecule is Cc1cc(C)c(Cl)c(CCc2cc(C)cc(C)c2Cl)c1. The second-order valence-electron chi connectivity index (χ2n) is 5.61. The van der Waals surface area contributed by atoms with Gasteiger partial charge in [0.15, 0.2) is 0 Å². The van der Waals surface area contributed by atoms with Crippen molar-refractivity contribution in [3.05, 3.63) is 67.7 Å². The van der Waals surface area contributed by atoms with E-state index in [1.165, 1.54) is 22.3 Å². The average Bonchev–Trinajstić information content (AvgIpc) is 2.37. The lowest BCUT2D eigenvalue weighted by atomic mass is 9.98. The molecule has 0 aliphatic carbocycles. The summed E-state index contributed by atoms with van der Waals surface area (Å²) in [7, 11) is 0. The van der Waals surface area contributed by atoms with Crippen molar-refractivity contribution in [1.29, 1.82) is 0 Å². The highest BCUT2D eigenvalue weighted by atomic mass is 35.5. The lowest BCUT2D eigenvalue weighted by molar-refractivity contribution is 0.951. The molecule has 2 rings (SSSR count). The molecular weight excluding hydrogens is 287 g/mol. The zero-order chi connectivity index (χ0) is 14.9. The van der Waals surface area contributed by atoms with E-state index in [1.54, 1.807) is 0 Å². The van der Waals surface area contributed by atoms with Crippen LogP contribution in [-0.4, -0.2) is 0 Å². The van der Waals surface area contributed by atoms with Gasteiger partial charge < -0.3 is 0 Å². The minimum atomic E-state index is 0.885. The maximum atomic E-state index is 6.40. The zero-order valence-corrected chi connectivity index (χ0v) is 14.0. The van der Waals surface area contributed by atoms with Crippen LogP contribution in [0.3, 0.4) is 0 Å². The van der Waals surface area contributed by atoms with Crippen molar-refractivity contribution in [3.8, 4) is 0 Å². The molecule has 0 aliphatic heterocycles. The lowest BCUT2D eigenvalue weighted by Crippen LogP contribution is -1.97. The third-order valence-corrected chi connectivity index (χ3v) is 4.69. The molecule has 0 aliphatic rings. The van der Waals surface area contributed by atoms with Crippen LogP contribution in [-0.2, 0) is 12.8 Å². The van der Waals surface area contributed by atoms with Crippen molar-refractivity contribution >= 4 is 23.2 Å². The summed E-state index contributed by atoms with van der Waals surface area (Å²) in [4.78, 5) is 0. The van der Waals surface area contributed by atoms with Gasteiger partial charge in [0, 0.05) is 10.0 Å². The van der Waals surface area contributed by atoms with E-state index >= 15 is 0 Å². The quantitative estimate of drug-likeness (QED) is 0.651. The van der Waals surface area contributed by atoms with Gasteiger partial charge in [-0.3, -0.25) is 0 Å². The van der Waals surface area contributed by atoms with Gasteiger partial charge in [-0.15, -0.1) is 0 Å². The fraction of sp³-hybridized carbons (Fsp3) is 0.333. The van der Waals surface area contributed by atoms with Crippen LogP contribution in [0.1, 0.15) is 33.4 Å². The topological polar surface area (TPSA) is 0 Å². The first kappa shape index (κ1) is 15.4. The van der Waals surface area contributed by atoms with Gasteiger partial charge in [0.1, 0.15) is 0 Å². The smallest absolute Gasteiger partial charge is 0.0467 e. The Morgan fingerprint density at radius 3 is 1.35 bits per heavy atom. The van der Waals surface area contributed by atoms with Crippen LogP contribution in [0, 0.1) is 27.7 Å². The first-order valence-corrected chi connectivity index (χ1v) is 7.65. The summed E-state index contributed by atoms with van der Waals surface area (Å²) in [6, 6.07) is 8.59. The molecule has 0 saturated heterocycles. The largest absolute Gasteiger partial charge is 0.0837 e. The fourth-order valence-corrected chi connectivity index (χ4v) is 3.12. The number of hydrogen-bond acceptors (Lipinski definition) is 0. The monoisotopic (exact) mass is 306 g/mol. The lowest BCUT2D eigenvalue weighted by Gasteiger charge is -2.11. The molecule has 2 heteroatoms. The first-order valence-electron chi connectivity index (χ1n) is 6.89. The van der Waals surface area contributed by atoms with Gasteiger partial charge in [0.2, 0.25) is 0 Å². The molecule has 0 aromatic heterocycles. The van der Waals surface area contributed by atoms with E-state index in [2.05, 4.69) is 52.0 Å². The number of benzene rings is 2. The summed E-state index contributed by atoms with van der Waals surface area (Å²) < 4.78 is 0. The van der Waals surface area contributed by atoms with Gasteiger partial charge in [-0.05, 0) is 62.8 Å². The van der Waals surface area contributed by atoms with Crippen molar-refractivity contribution in [2.45, 2.75) is 40.5 Å². The number of halogens is 2. The number of rotatable bonds is 3. The van der Waals surface area contributed by atoms with E-state index in [0.717, 1.165) is 34.0 Å². The van der Waals surface area contributed by atoms with Crippen LogP contribution in [0.15, 0.2) is 24.3 Å². The van der Waals surface area contributed by atoms with Crippen molar-refractivity contribution < 1.29 is 0 Å². The number of aryl methyl sites for hydroxylation is 6. The Labute approximate surface area is 131 Å². The molecule has 0 radical (unpaired) electrons. The van der Waals surface area contributed by atoms with Gasteiger partial charge in [0.25, 0.3) is 0 Å².